The highest BCUT2D eigenvalue weighted by Gasteiger charge is 2.41. The lowest BCUT2D eigenvalue weighted by Gasteiger charge is -2.06. The highest BCUT2D eigenvalue weighted by atomic mass is 16.1. The van der Waals surface area contributed by atoms with Crippen LogP contribution < -0.4 is 11.3 Å². The van der Waals surface area contributed by atoms with Crippen LogP contribution in [0.1, 0.15) is 40.6 Å². The Labute approximate surface area is 153 Å². The second-order valence-corrected chi connectivity index (χ2v) is 7.11. The Balaban J connectivity index is 1.41. The molecule has 1 heterocycles. The average molecular weight is 345 g/mol. The van der Waals surface area contributed by atoms with Gasteiger partial charge in [0.15, 0.2) is 0 Å². The molecule has 3 aromatic rings. The van der Waals surface area contributed by atoms with Gasteiger partial charge in [0, 0.05) is 19.0 Å². The van der Waals surface area contributed by atoms with Crippen LogP contribution in [0.2, 0.25) is 0 Å². The van der Waals surface area contributed by atoms with E-state index in [0.29, 0.717) is 11.8 Å². The van der Waals surface area contributed by atoms with E-state index in [1.165, 1.54) is 21.3 Å². The average Bonchev–Trinajstić information content (AvgIpc) is 3.46. The SMILES string of the molecule is Cn1c(N)nc([C@H]2C[C@H]2c2ccc(CCc3ccccc3)cc2)cc1=O. The number of nitrogens with zero attached hydrogens (tertiary/aromatic N) is 2. The van der Waals surface area contributed by atoms with Gasteiger partial charge in [-0.15, -0.1) is 0 Å². The fraction of sp³-hybridized carbons (Fsp3) is 0.273. The van der Waals surface area contributed by atoms with Crippen LogP contribution in [0.5, 0.6) is 0 Å². The van der Waals surface area contributed by atoms with Gasteiger partial charge in [0.1, 0.15) is 0 Å². The minimum Gasteiger partial charge on any atom is -0.369 e. The van der Waals surface area contributed by atoms with Crippen molar-refractivity contribution in [3.05, 3.63) is 93.4 Å². The fourth-order valence-electron chi connectivity index (χ4n) is 3.52. The Hall–Kier alpha value is -2.88. The third-order valence-corrected chi connectivity index (χ3v) is 5.31. The van der Waals surface area contributed by atoms with E-state index in [1.54, 1.807) is 13.1 Å². The van der Waals surface area contributed by atoms with Gasteiger partial charge in [-0.05, 0) is 41.9 Å². The van der Waals surface area contributed by atoms with Crippen LogP contribution in [-0.2, 0) is 19.9 Å². The molecule has 1 saturated carbocycles. The maximum Gasteiger partial charge on any atom is 0.254 e. The quantitative estimate of drug-likeness (QED) is 0.771. The van der Waals surface area contributed by atoms with Crippen molar-refractivity contribution in [1.29, 1.82) is 0 Å². The molecule has 2 atom stereocenters. The van der Waals surface area contributed by atoms with Gasteiger partial charge in [0.25, 0.3) is 5.56 Å². The summed E-state index contributed by atoms with van der Waals surface area (Å²) in [5.41, 5.74) is 10.6. The lowest BCUT2D eigenvalue weighted by atomic mass is 10.0. The van der Waals surface area contributed by atoms with E-state index in [-0.39, 0.29) is 11.5 Å². The molecule has 1 aliphatic carbocycles. The summed E-state index contributed by atoms with van der Waals surface area (Å²) in [4.78, 5) is 16.3. The third-order valence-electron chi connectivity index (χ3n) is 5.31. The van der Waals surface area contributed by atoms with Crippen LogP contribution in [0.3, 0.4) is 0 Å². The molecule has 1 aliphatic rings. The normalized spacial score (nSPS) is 18.7. The van der Waals surface area contributed by atoms with Crippen molar-refractivity contribution >= 4 is 5.95 Å². The van der Waals surface area contributed by atoms with Gasteiger partial charge in [-0.25, -0.2) is 4.98 Å². The molecular weight excluding hydrogens is 322 g/mol. The summed E-state index contributed by atoms with van der Waals surface area (Å²) in [6.07, 6.45) is 3.14. The number of rotatable bonds is 5. The van der Waals surface area contributed by atoms with Crippen LogP contribution in [0.25, 0.3) is 0 Å². The zero-order chi connectivity index (χ0) is 18.1. The molecule has 1 aromatic heterocycles. The Bertz CT molecular complexity index is 961. The first-order valence-electron chi connectivity index (χ1n) is 9.08. The van der Waals surface area contributed by atoms with Crippen LogP contribution in [0.4, 0.5) is 5.95 Å². The van der Waals surface area contributed by atoms with E-state index in [4.69, 9.17) is 5.73 Å². The van der Waals surface area contributed by atoms with Gasteiger partial charge in [-0.3, -0.25) is 9.36 Å². The highest BCUT2D eigenvalue weighted by Crippen LogP contribution is 2.53. The first-order chi connectivity index (χ1) is 12.6. The van der Waals surface area contributed by atoms with E-state index >= 15 is 0 Å². The molecule has 4 nitrogen and oxygen atoms in total. The number of benzene rings is 2. The lowest BCUT2D eigenvalue weighted by molar-refractivity contribution is 0.813. The molecule has 0 saturated heterocycles. The van der Waals surface area contributed by atoms with E-state index in [2.05, 4.69) is 59.6 Å². The summed E-state index contributed by atoms with van der Waals surface area (Å²) in [6, 6.07) is 21.1. The van der Waals surface area contributed by atoms with E-state index < -0.39 is 0 Å². The lowest BCUT2D eigenvalue weighted by Crippen LogP contribution is -2.21. The molecule has 26 heavy (non-hydrogen) atoms. The smallest absolute Gasteiger partial charge is 0.254 e. The van der Waals surface area contributed by atoms with Crippen LogP contribution in [0.15, 0.2) is 65.5 Å². The molecule has 0 unspecified atom stereocenters. The molecule has 2 aromatic carbocycles. The molecule has 0 aliphatic heterocycles. The Kier molecular flexibility index (Phi) is 4.33. The van der Waals surface area contributed by atoms with Gasteiger partial charge in [0.2, 0.25) is 5.95 Å². The van der Waals surface area contributed by atoms with E-state index in [9.17, 15) is 4.79 Å². The number of aryl methyl sites for hydroxylation is 2. The molecular formula is C22H23N3O. The number of nitrogens with two attached hydrogens (primary N) is 1. The summed E-state index contributed by atoms with van der Waals surface area (Å²) >= 11 is 0. The van der Waals surface area contributed by atoms with Crippen molar-refractivity contribution < 1.29 is 0 Å². The number of aromatic nitrogens is 2. The molecule has 4 rings (SSSR count). The Morgan fingerprint density at radius 3 is 2.31 bits per heavy atom. The van der Waals surface area contributed by atoms with Gasteiger partial charge < -0.3 is 5.73 Å². The molecule has 0 radical (unpaired) electrons. The minimum absolute atomic E-state index is 0.0885. The maximum absolute atomic E-state index is 11.9. The van der Waals surface area contributed by atoms with Gasteiger partial charge in [-0.2, -0.15) is 0 Å². The van der Waals surface area contributed by atoms with Crippen molar-refractivity contribution in [1.82, 2.24) is 9.55 Å². The fourth-order valence-corrected chi connectivity index (χ4v) is 3.52. The van der Waals surface area contributed by atoms with Crippen molar-refractivity contribution in [2.24, 2.45) is 7.05 Å². The second kappa shape index (κ2) is 6.79. The molecule has 1 fully saturated rings. The summed E-state index contributed by atoms with van der Waals surface area (Å²) in [7, 11) is 1.65. The second-order valence-electron chi connectivity index (χ2n) is 7.11. The molecule has 2 N–H and O–H groups in total. The molecule has 4 heteroatoms. The zero-order valence-corrected chi connectivity index (χ0v) is 14.9. The van der Waals surface area contributed by atoms with E-state index in [1.807, 2.05) is 0 Å². The van der Waals surface area contributed by atoms with Crippen LogP contribution in [0, 0.1) is 0 Å². The zero-order valence-electron chi connectivity index (χ0n) is 14.9. The number of hydrogen-bond donors (Lipinski definition) is 1. The van der Waals surface area contributed by atoms with Crippen molar-refractivity contribution in [2.45, 2.75) is 31.1 Å². The number of nitrogen functional groups attached to an aromatic ring is 1. The summed E-state index contributed by atoms with van der Waals surface area (Å²) in [5, 5.41) is 0. The van der Waals surface area contributed by atoms with Crippen molar-refractivity contribution in [3.63, 3.8) is 0 Å². The molecule has 0 bridgehead atoms. The largest absolute Gasteiger partial charge is 0.369 e. The number of anilines is 1. The molecule has 132 valence electrons. The topological polar surface area (TPSA) is 60.9 Å². The van der Waals surface area contributed by atoms with Gasteiger partial charge >= 0.3 is 0 Å². The van der Waals surface area contributed by atoms with Crippen molar-refractivity contribution in [2.75, 3.05) is 5.73 Å². The summed E-state index contributed by atoms with van der Waals surface area (Å²) in [5.74, 6) is 1.04. The maximum atomic E-state index is 11.9. The molecule has 0 amide bonds. The summed E-state index contributed by atoms with van der Waals surface area (Å²) < 4.78 is 1.38. The predicted molar refractivity (Wildman–Crippen MR) is 104 cm³/mol. The first-order valence-corrected chi connectivity index (χ1v) is 9.08. The Morgan fingerprint density at radius 1 is 1.00 bits per heavy atom. The van der Waals surface area contributed by atoms with Crippen molar-refractivity contribution in [3.8, 4) is 0 Å². The molecule has 0 spiro atoms. The monoisotopic (exact) mass is 345 g/mol. The minimum atomic E-state index is -0.0885. The predicted octanol–water partition coefficient (Wildman–Crippen LogP) is 3.42. The highest BCUT2D eigenvalue weighted by molar-refractivity contribution is 5.36. The Morgan fingerprint density at radius 2 is 1.65 bits per heavy atom. The van der Waals surface area contributed by atoms with E-state index in [0.717, 1.165) is 25.0 Å². The van der Waals surface area contributed by atoms with Crippen LogP contribution >= 0.6 is 0 Å². The van der Waals surface area contributed by atoms with Crippen LogP contribution in [-0.4, -0.2) is 9.55 Å². The van der Waals surface area contributed by atoms with Gasteiger partial charge in [0.05, 0.1) is 5.69 Å². The summed E-state index contributed by atoms with van der Waals surface area (Å²) in [6.45, 7) is 0. The standard InChI is InChI=1S/C22H23N3O/c1-25-21(26)14-20(24-22(25)23)19-13-18(19)17-11-9-16(10-12-17)8-7-15-5-3-2-4-6-15/h2-6,9-12,14,18-19H,7-8,13H2,1H3,(H2,23,24)/t18-,19-/m0/s1. The third kappa shape index (κ3) is 3.40. The first kappa shape index (κ1) is 16.6. The number of hydrogen-bond acceptors (Lipinski definition) is 3. The van der Waals surface area contributed by atoms with Gasteiger partial charge in [-0.1, -0.05) is 54.6 Å².